The number of aryl methyl sites for hydroxylation is 2. The van der Waals surface area contributed by atoms with Gasteiger partial charge in [0.1, 0.15) is 0 Å². The molecule has 0 amide bonds. The van der Waals surface area contributed by atoms with Crippen molar-refractivity contribution in [3.63, 3.8) is 0 Å². The first-order chi connectivity index (χ1) is 10.1. The molecule has 2 aromatic rings. The molecule has 4 heteroatoms. The summed E-state index contributed by atoms with van der Waals surface area (Å²) in [5, 5.41) is 0. The molecule has 2 nitrogen and oxygen atoms in total. The van der Waals surface area contributed by atoms with E-state index in [2.05, 4.69) is 93.1 Å². The monoisotopic (exact) mass is 502 g/mol. The smallest absolute Gasteiger partial charge is 0.0910 e. The number of hydrogen-bond acceptors (Lipinski definition) is 2. The normalized spacial score (nSPS) is 15.8. The Morgan fingerprint density at radius 3 is 1.62 bits per heavy atom. The third kappa shape index (κ3) is 2.09. The summed E-state index contributed by atoms with van der Waals surface area (Å²) in [6.07, 6.45) is 0. The molecule has 2 aliphatic rings. The van der Waals surface area contributed by atoms with Crippen LogP contribution in [0.5, 0.6) is 0 Å². The summed E-state index contributed by atoms with van der Waals surface area (Å²) in [4.78, 5) is 5.08. The van der Waals surface area contributed by atoms with E-state index in [0.717, 1.165) is 19.8 Å². The van der Waals surface area contributed by atoms with Crippen LogP contribution in [0, 0.1) is 21.0 Å². The molecule has 0 radical (unpaired) electrons. The predicted octanol–water partition coefficient (Wildman–Crippen LogP) is 4.81. The van der Waals surface area contributed by atoms with Crippen molar-refractivity contribution >= 4 is 56.6 Å². The van der Waals surface area contributed by atoms with E-state index in [1.165, 1.54) is 40.8 Å². The molecule has 0 unspecified atom stereocenters. The molecule has 21 heavy (non-hydrogen) atoms. The van der Waals surface area contributed by atoms with Gasteiger partial charge in [-0.1, -0.05) is 12.1 Å². The summed E-state index contributed by atoms with van der Waals surface area (Å²) in [6, 6.07) is 9.01. The van der Waals surface area contributed by atoms with Crippen LogP contribution >= 0.6 is 45.2 Å². The van der Waals surface area contributed by atoms with E-state index in [0.29, 0.717) is 0 Å². The summed E-state index contributed by atoms with van der Waals surface area (Å²) in [5.41, 5.74) is 8.70. The zero-order valence-corrected chi connectivity index (χ0v) is 16.4. The van der Waals surface area contributed by atoms with Gasteiger partial charge in [0, 0.05) is 42.7 Å². The number of hydrogen-bond donors (Lipinski definition) is 0. The lowest BCUT2D eigenvalue weighted by Gasteiger charge is -2.46. The highest BCUT2D eigenvalue weighted by molar-refractivity contribution is 14.1. The molecule has 2 heterocycles. The summed E-state index contributed by atoms with van der Waals surface area (Å²) in [7, 11) is 0. The number of anilines is 2. The Labute approximate surface area is 152 Å². The topological polar surface area (TPSA) is 6.48 Å². The Balaban J connectivity index is 1.93. The lowest BCUT2D eigenvalue weighted by molar-refractivity contribution is 0.643. The molecule has 0 aliphatic carbocycles. The van der Waals surface area contributed by atoms with Crippen molar-refractivity contribution in [1.82, 2.24) is 0 Å². The minimum Gasteiger partial charge on any atom is -0.349 e. The standard InChI is InChI=1S/C17H16I2N2/c1-10-3-5-14(18)12-7-21-9-20(16(10)12)8-13-15(19)6-4-11(2)17(13)21/h3-6H,7-9H2,1-2H3. The highest BCUT2D eigenvalue weighted by Crippen LogP contribution is 2.43. The predicted molar refractivity (Wildman–Crippen MR) is 105 cm³/mol. The van der Waals surface area contributed by atoms with Crippen molar-refractivity contribution in [3.05, 3.63) is 53.7 Å². The average Bonchev–Trinajstić information content (AvgIpc) is 2.46. The van der Waals surface area contributed by atoms with Gasteiger partial charge in [0.05, 0.1) is 6.67 Å². The molecule has 0 spiro atoms. The van der Waals surface area contributed by atoms with Crippen molar-refractivity contribution in [2.45, 2.75) is 26.9 Å². The van der Waals surface area contributed by atoms with Crippen molar-refractivity contribution < 1.29 is 0 Å². The van der Waals surface area contributed by atoms with Gasteiger partial charge >= 0.3 is 0 Å². The van der Waals surface area contributed by atoms with Gasteiger partial charge in [0.25, 0.3) is 0 Å². The lowest BCUT2D eigenvalue weighted by Crippen LogP contribution is -2.47. The maximum Gasteiger partial charge on any atom is 0.0910 e. The van der Waals surface area contributed by atoms with E-state index in [4.69, 9.17) is 0 Å². The van der Waals surface area contributed by atoms with Gasteiger partial charge in [-0.05, 0) is 82.3 Å². The summed E-state index contributed by atoms with van der Waals surface area (Å²) < 4.78 is 2.77. The molecule has 0 saturated carbocycles. The first-order valence-electron chi connectivity index (χ1n) is 7.12. The van der Waals surface area contributed by atoms with Crippen LogP contribution < -0.4 is 9.80 Å². The van der Waals surface area contributed by atoms with E-state index in [-0.39, 0.29) is 0 Å². The van der Waals surface area contributed by atoms with Gasteiger partial charge in [-0.2, -0.15) is 0 Å². The molecule has 0 fully saturated rings. The van der Waals surface area contributed by atoms with Crippen LogP contribution in [0.25, 0.3) is 0 Å². The Kier molecular flexibility index (Phi) is 3.37. The highest BCUT2D eigenvalue weighted by Gasteiger charge is 2.33. The third-order valence-corrected chi connectivity index (χ3v) is 6.55. The molecule has 2 aromatic carbocycles. The fraction of sp³-hybridized carbons (Fsp3) is 0.294. The molecule has 2 bridgehead atoms. The fourth-order valence-corrected chi connectivity index (χ4v) is 4.84. The van der Waals surface area contributed by atoms with Gasteiger partial charge in [0.2, 0.25) is 0 Å². The molecule has 0 aromatic heterocycles. The van der Waals surface area contributed by atoms with Crippen LogP contribution in [0.2, 0.25) is 0 Å². The highest BCUT2D eigenvalue weighted by atomic mass is 127. The molecule has 4 rings (SSSR count). The maximum absolute atomic E-state index is 2.54. The largest absolute Gasteiger partial charge is 0.349 e. The second kappa shape index (κ2) is 5.01. The maximum atomic E-state index is 2.54. The summed E-state index contributed by atoms with van der Waals surface area (Å²) >= 11 is 4.96. The minimum atomic E-state index is 1.02. The SMILES string of the molecule is Cc1ccc(I)c2c1N1Cc3c(I)ccc(C)c3N(C2)C1. The summed E-state index contributed by atoms with van der Waals surface area (Å²) in [5.74, 6) is 0. The molecule has 0 N–H and O–H groups in total. The van der Waals surface area contributed by atoms with Gasteiger partial charge in [-0.3, -0.25) is 0 Å². The van der Waals surface area contributed by atoms with Gasteiger partial charge in [-0.15, -0.1) is 0 Å². The van der Waals surface area contributed by atoms with Crippen molar-refractivity contribution in [2.75, 3.05) is 16.5 Å². The number of halogens is 2. The van der Waals surface area contributed by atoms with Crippen LogP contribution in [-0.4, -0.2) is 6.67 Å². The molecular formula is C17H16I2N2. The minimum absolute atomic E-state index is 1.02. The van der Waals surface area contributed by atoms with Crippen molar-refractivity contribution in [3.8, 4) is 0 Å². The first-order valence-corrected chi connectivity index (χ1v) is 9.28. The number of benzene rings is 2. The molecule has 0 saturated heterocycles. The van der Waals surface area contributed by atoms with Crippen LogP contribution in [-0.2, 0) is 13.1 Å². The second-order valence-corrected chi connectivity index (χ2v) is 8.24. The van der Waals surface area contributed by atoms with Crippen LogP contribution in [0.3, 0.4) is 0 Å². The Morgan fingerprint density at radius 2 is 1.19 bits per heavy atom. The Bertz CT molecular complexity index is 691. The van der Waals surface area contributed by atoms with E-state index in [9.17, 15) is 0 Å². The van der Waals surface area contributed by atoms with Crippen molar-refractivity contribution in [1.29, 1.82) is 0 Å². The Morgan fingerprint density at radius 1 is 0.762 bits per heavy atom. The number of fused-ring (bicyclic) bond motifs is 6. The molecular weight excluding hydrogens is 486 g/mol. The summed E-state index contributed by atoms with van der Waals surface area (Å²) in [6.45, 7) is 7.55. The van der Waals surface area contributed by atoms with Crippen molar-refractivity contribution in [2.24, 2.45) is 0 Å². The van der Waals surface area contributed by atoms with Gasteiger partial charge < -0.3 is 9.80 Å². The first kappa shape index (κ1) is 14.1. The third-order valence-electron chi connectivity index (χ3n) is 4.53. The lowest BCUT2D eigenvalue weighted by atomic mass is 9.97. The molecule has 2 aliphatic heterocycles. The Hall–Kier alpha value is -0.500. The van der Waals surface area contributed by atoms with Crippen LogP contribution in [0.15, 0.2) is 24.3 Å². The average molecular weight is 502 g/mol. The molecule has 108 valence electrons. The molecule has 0 atom stereocenters. The second-order valence-electron chi connectivity index (χ2n) is 5.92. The van der Waals surface area contributed by atoms with E-state index < -0.39 is 0 Å². The van der Waals surface area contributed by atoms with E-state index in [1.807, 2.05) is 0 Å². The quantitative estimate of drug-likeness (QED) is 0.478. The van der Waals surface area contributed by atoms with Crippen LogP contribution in [0.1, 0.15) is 22.3 Å². The van der Waals surface area contributed by atoms with Crippen LogP contribution in [0.4, 0.5) is 11.4 Å². The number of nitrogens with zero attached hydrogens (tertiary/aromatic N) is 2. The van der Waals surface area contributed by atoms with E-state index >= 15 is 0 Å². The number of rotatable bonds is 0. The zero-order valence-electron chi connectivity index (χ0n) is 12.1. The fourth-order valence-electron chi connectivity index (χ4n) is 3.63. The van der Waals surface area contributed by atoms with E-state index in [1.54, 1.807) is 0 Å². The van der Waals surface area contributed by atoms with Gasteiger partial charge in [-0.25, -0.2) is 0 Å². The van der Waals surface area contributed by atoms with Gasteiger partial charge in [0.15, 0.2) is 0 Å². The zero-order chi connectivity index (χ0) is 14.7.